The van der Waals surface area contributed by atoms with Crippen LogP contribution < -0.4 is 5.32 Å². The van der Waals surface area contributed by atoms with E-state index in [2.05, 4.69) is 24.9 Å². The fourth-order valence-corrected chi connectivity index (χ4v) is 2.82. The molecule has 0 saturated carbocycles. The molecule has 0 aromatic rings. The molecule has 0 amide bonds. The van der Waals surface area contributed by atoms with Crippen LogP contribution in [0.1, 0.15) is 52.9 Å². The zero-order valence-electron chi connectivity index (χ0n) is 13.4. The summed E-state index contributed by atoms with van der Waals surface area (Å²) in [5.74, 6) is 0. The molecule has 2 atom stereocenters. The Kier molecular flexibility index (Phi) is 8.83. The van der Waals surface area contributed by atoms with Gasteiger partial charge < -0.3 is 14.8 Å². The minimum atomic E-state index is -0.0392. The molecule has 3 heteroatoms. The third-order valence-electron chi connectivity index (χ3n) is 3.62. The molecule has 1 N–H and O–H groups in total. The van der Waals surface area contributed by atoms with E-state index in [0.717, 1.165) is 32.1 Å². The lowest BCUT2D eigenvalue weighted by Crippen LogP contribution is -2.40. The van der Waals surface area contributed by atoms with E-state index in [1.165, 1.54) is 5.57 Å². The summed E-state index contributed by atoms with van der Waals surface area (Å²) in [5, 5.41) is 3.69. The normalized spacial score (nSPS) is 22.9. The maximum Gasteiger partial charge on any atom is 0.157 e. The number of ether oxygens (including phenoxy) is 2. The van der Waals surface area contributed by atoms with Crippen molar-refractivity contribution < 1.29 is 9.47 Å². The fourth-order valence-electron chi connectivity index (χ4n) is 2.82. The van der Waals surface area contributed by atoms with Crippen molar-refractivity contribution in [3.8, 4) is 0 Å². The van der Waals surface area contributed by atoms with Crippen LogP contribution in [0.25, 0.3) is 0 Å². The Labute approximate surface area is 124 Å². The molecule has 0 aromatic heterocycles. The van der Waals surface area contributed by atoms with Gasteiger partial charge in [-0.3, -0.25) is 0 Å². The molecule has 0 aliphatic carbocycles. The Balaban J connectivity index is 2.32. The van der Waals surface area contributed by atoms with Crippen LogP contribution in [0.5, 0.6) is 0 Å². The topological polar surface area (TPSA) is 30.5 Å². The van der Waals surface area contributed by atoms with Crippen molar-refractivity contribution in [1.82, 2.24) is 5.32 Å². The first-order valence-electron chi connectivity index (χ1n) is 7.97. The largest absolute Gasteiger partial charge is 0.353 e. The third-order valence-corrected chi connectivity index (χ3v) is 3.62. The van der Waals surface area contributed by atoms with E-state index in [1.54, 1.807) is 0 Å². The van der Waals surface area contributed by atoms with Crippen LogP contribution in [0.3, 0.4) is 0 Å². The van der Waals surface area contributed by atoms with Gasteiger partial charge in [-0.2, -0.15) is 0 Å². The van der Waals surface area contributed by atoms with Gasteiger partial charge in [0.2, 0.25) is 0 Å². The van der Waals surface area contributed by atoms with Crippen molar-refractivity contribution in [2.24, 2.45) is 0 Å². The van der Waals surface area contributed by atoms with E-state index in [4.69, 9.17) is 9.47 Å². The van der Waals surface area contributed by atoms with E-state index in [0.29, 0.717) is 25.3 Å². The minimum Gasteiger partial charge on any atom is -0.353 e. The molecule has 3 nitrogen and oxygen atoms in total. The fraction of sp³-hybridized carbons (Fsp3) is 0.765. The Morgan fingerprint density at radius 3 is 2.70 bits per heavy atom. The highest BCUT2D eigenvalue weighted by Crippen LogP contribution is 2.19. The average Bonchev–Trinajstić information content (AvgIpc) is 2.39. The molecule has 1 aliphatic rings. The summed E-state index contributed by atoms with van der Waals surface area (Å²) in [4.78, 5) is 0. The van der Waals surface area contributed by atoms with Crippen molar-refractivity contribution in [1.29, 1.82) is 0 Å². The molecule has 1 rings (SSSR count). The third kappa shape index (κ3) is 6.69. The first-order chi connectivity index (χ1) is 9.69. The molecular weight excluding hydrogens is 250 g/mol. The smallest absolute Gasteiger partial charge is 0.157 e. The van der Waals surface area contributed by atoms with Crippen molar-refractivity contribution in [2.75, 3.05) is 13.2 Å². The summed E-state index contributed by atoms with van der Waals surface area (Å²) < 4.78 is 11.2. The quantitative estimate of drug-likeness (QED) is 0.488. The van der Waals surface area contributed by atoms with Crippen LogP contribution >= 0.6 is 0 Å². The van der Waals surface area contributed by atoms with Crippen molar-refractivity contribution >= 4 is 0 Å². The highest BCUT2D eigenvalue weighted by Gasteiger charge is 2.19. The maximum absolute atomic E-state index is 5.58. The van der Waals surface area contributed by atoms with Crippen molar-refractivity contribution in [2.45, 2.75) is 71.2 Å². The van der Waals surface area contributed by atoms with Crippen LogP contribution in [0, 0.1) is 0 Å². The van der Waals surface area contributed by atoms with E-state index >= 15 is 0 Å². The van der Waals surface area contributed by atoms with Gasteiger partial charge in [-0.05, 0) is 52.9 Å². The van der Waals surface area contributed by atoms with Gasteiger partial charge in [-0.15, -0.1) is 6.58 Å². The first-order valence-corrected chi connectivity index (χ1v) is 7.97. The number of nitrogens with one attached hydrogen (secondary N) is 1. The molecule has 0 unspecified atom stereocenters. The Morgan fingerprint density at radius 1 is 1.40 bits per heavy atom. The van der Waals surface area contributed by atoms with Crippen LogP contribution in [-0.4, -0.2) is 31.6 Å². The standard InChI is InChI=1S/C17H31NO2/c1-5-9-15-12-14(4)13-16(18-15)10-8-11-17(19-6-2)20-7-3/h5,13,15-18H,1,6-12H2,2-4H3/t15-,16-/m0/s1. The van der Waals surface area contributed by atoms with Gasteiger partial charge in [0.05, 0.1) is 0 Å². The Bertz CT molecular complexity index is 295. The lowest BCUT2D eigenvalue weighted by Gasteiger charge is -2.29. The van der Waals surface area contributed by atoms with Crippen LogP contribution in [0.4, 0.5) is 0 Å². The number of rotatable bonds is 10. The predicted molar refractivity (Wildman–Crippen MR) is 84.8 cm³/mol. The van der Waals surface area contributed by atoms with Crippen molar-refractivity contribution in [3.05, 3.63) is 24.3 Å². The second kappa shape index (κ2) is 10.1. The molecular formula is C17H31NO2. The summed E-state index contributed by atoms with van der Waals surface area (Å²) >= 11 is 0. The second-order valence-electron chi connectivity index (χ2n) is 5.48. The van der Waals surface area contributed by atoms with Crippen LogP contribution in [0.2, 0.25) is 0 Å². The molecule has 0 aromatic carbocycles. The van der Waals surface area contributed by atoms with E-state index in [1.807, 2.05) is 19.9 Å². The monoisotopic (exact) mass is 281 g/mol. The average molecular weight is 281 g/mol. The summed E-state index contributed by atoms with van der Waals surface area (Å²) in [6.07, 6.45) is 9.75. The Hall–Kier alpha value is -0.640. The van der Waals surface area contributed by atoms with Gasteiger partial charge in [0.1, 0.15) is 0 Å². The molecule has 0 spiro atoms. The van der Waals surface area contributed by atoms with Gasteiger partial charge in [-0.1, -0.05) is 17.7 Å². The SMILES string of the molecule is C=CC[C@H]1CC(C)=C[C@H](CCCC(OCC)OCC)N1. The molecule has 0 radical (unpaired) electrons. The summed E-state index contributed by atoms with van der Waals surface area (Å²) in [5.41, 5.74) is 1.49. The second-order valence-corrected chi connectivity index (χ2v) is 5.48. The maximum atomic E-state index is 5.58. The molecule has 1 aliphatic heterocycles. The molecule has 0 fully saturated rings. The zero-order valence-corrected chi connectivity index (χ0v) is 13.4. The lowest BCUT2D eigenvalue weighted by molar-refractivity contribution is -0.140. The molecule has 0 saturated heterocycles. The van der Waals surface area contributed by atoms with Gasteiger partial charge in [0.25, 0.3) is 0 Å². The highest BCUT2D eigenvalue weighted by atomic mass is 16.7. The summed E-state index contributed by atoms with van der Waals surface area (Å²) in [6.45, 7) is 11.5. The predicted octanol–water partition coefficient (Wildman–Crippen LogP) is 3.81. The van der Waals surface area contributed by atoms with E-state index in [-0.39, 0.29) is 6.29 Å². The van der Waals surface area contributed by atoms with Gasteiger partial charge in [0, 0.05) is 25.3 Å². The molecule has 1 heterocycles. The lowest BCUT2D eigenvalue weighted by atomic mass is 9.94. The van der Waals surface area contributed by atoms with Gasteiger partial charge >= 0.3 is 0 Å². The highest BCUT2D eigenvalue weighted by molar-refractivity contribution is 5.11. The summed E-state index contributed by atoms with van der Waals surface area (Å²) in [6, 6.07) is 1.04. The molecule has 116 valence electrons. The van der Waals surface area contributed by atoms with Crippen molar-refractivity contribution in [3.63, 3.8) is 0 Å². The van der Waals surface area contributed by atoms with E-state index < -0.39 is 0 Å². The van der Waals surface area contributed by atoms with Gasteiger partial charge in [0.15, 0.2) is 6.29 Å². The number of hydrogen-bond acceptors (Lipinski definition) is 3. The van der Waals surface area contributed by atoms with Gasteiger partial charge in [-0.25, -0.2) is 0 Å². The molecule has 0 bridgehead atoms. The minimum absolute atomic E-state index is 0.0392. The first kappa shape index (κ1) is 17.4. The van der Waals surface area contributed by atoms with Crippen LogP contribution in [0.15, 0.2) is 24.3 Å². The van der Waals surface area contributed by atoms with E-state index in [9.17, 15) is 0 Å². The summed E-state index contributed by atoms with van der Waals surface area (Å²) in [7, 11) is 0. The van der Waals surface area contributed by atoms with Crippen LogP contribution in [-0.2, 0) is 9.47 Å². The number of hydrogen-bond donors (Lipinski definition) is 1. The molecule has 20 heavy (non-hydrogen) atoms. The zero-order chi connectivity index (χ0) is 14.8. The Morgan fingerprint density at radius 2 is 2.10 bits per heavy atom.